The predicted molar refractivity (Wildman–Crippen MR) is 288 cm³/mol. The number of anilines is 3. The second kappa shape index (κ2) is 15.6. The lowest BCUT2D eigenvalue weighted by Gasteiger charge is -2.32. The molecule has 2 nitrogen and oxygen atoms in total. The molecular formula is C67H44N2. The van der Waals surface area contributed by atoms with Crippen LogP contribution in [0.3, 0.4) is 0 Å². The average Bonchev–Trinajstić information content (AvgIpc) is 4.04. The van der Waals surface area contributed by atoms with Crippen molar-refractivity contribution in [2.75, 3.05) is 4.90 Å². The van der Waals surface area contributed by atoms with Gasteiger partial charge in [0, 0.05) is 33.4 Å². The molecule has 1 heterocycles. The molecule has 0 saturated heterocycles. The van der Waals surface area contributed by atoms with Gasteiger partial charge in [-0.1, -0.05) is 206 Å². The molecule has 11 aromatic carbocycles. The van der Waals surface area contributed by atoms with Crippen LogP contribution in [0.25, 0.3) is 83.1 Å². The largest absolute Gasteiger partial charge is 0.310 e. The molecule has 0 bridgehead atoms. The predicted octanol–water partition coefficient (Wildman–Crippen LogP) is 17.6. The first-order valence-electron chi connectivity index (χ1n) is 23.9. The van der Waals surface area contributed by atoms with Crippen LogP contribution in [0.4, 0.5) is 17.1 Å². The van der Waals surface area contributed by atoms with Gasteiger partial charge in [0.15, 0.2) is 0 Å². The average molecular weight is 877 g/mol. The number of hydrogen-bond donors (Lipinski definition) is 0. The van der Waals surface area contributed by atoms with E-state index in [1.54, 1.807) is 0 Å². The van der Waals surface area contributed by atoms with Crippen molar-refractivity contribution in [1.29, 1.82) is 0 Å². The molecule has 1 aromatic heterocycles. The molecule has 0 fully saturated rings. The maximum atomic E-state index is 2.47. The Morgan fingerprint density at radius 3 is 1.46 bits per heavy atom. The number of hydrogen-bond acceptors (Lipinski definition) is 1. The van der Waals surface area contributed by atoms with Gasteiger partial charge in [-0.05, 0) is 133 Å². The number of rotatable bonds is 7. The van der Waals surface area contributed by atoms with Crippen molar-refractivity contribution < 1.29 is 0 Å². The summed E-state index contributed by atoms with van der Waals surface area (Å²) in [5.41, 5.74) is 24.2. The van der Waals surface area contributed by atoms with Gasteiger partial charge < -0.3 is 9.47 Å². The molecule has 12 aromatic rings. The van der Waals surface area contributed by atoms with E-state index in [2.05, 4.69) is 276 Å². The quantitative estimate of drug-likeness (QED) is 0.155. The van der Waals surface area contributed by atoms with E-state index in [1.165, 1.54) is 99.7 Å². The van der Waals surface area contributed by atoms with Gasteiger partial charge in [0.25, 0.3) is 0 Å². The third kappa shape index (κ3) is 5.86. The molecule has 2 heteroatoms. The van der Waals surface area contributed by atoms with Gasteiger partial charge in [-0.3, -0.25) is 0 Å². The summed E-state index contributed by atoms with van der Waals surface area (Å²) in [5.74, 6) is 0. The highest BCUT2D eigenvalue weighted by atomic mass is 15.1. The Kier molecular flexibility index (Phi) is 8.84. The minimum Gasteiger partial charge on any atom is -0.310 e. The zero-order chi connectivity index (χ0) is 45.5. The van der Waals surface area contributed by atoms with E-state index in [9.17, 15) is 0 Å². The normalized spacial score (nSPS) is 12.8. The summed E-state index contributed by atoms with van der Waals surface area (Å²) < 4.78 is 2.39. The maximum absolute atomic E-state index is 2.47. The summed E-state index contributed by atoms with van der Waals surface area (Å²) in [7, 11) is 0. The van der Waals surface area contributed by atoms with Crippen LogP contribution in [0.1, 0.15) is 22.3 Å². The standard InChI is InChI=1S/C67H44N2/c1-3-18-45(19-4-1)46-36-40-51(41-37-46)68(64-35-17-32-61-66(64)56-26-9-13-31-60(56)67(61)58-29-11-7-24-54(58)55-25-8-12-30-59(55)67)52-42-38-47(39-43-52)48-20-15-21-49(44-48)53-28-16-34-63-65(53)57-27-10-14-33-62(57)69(63)50-22-5-2-6-23-50/h1-44H. The van der Waals surface area contributed by atoms with Crippen LogP contribution in [0.2, 0.25) is 0 Å². The third-order valence-corrected chi connectivity index (χ3v) is 14.8. The molecule has 0 N–H and O–H groups in total. The Labute approximate surface area is 402 Å². The molecule has 1 spiro atoms. The van der Waals surface area contributed by atoms with Gasteiger partial charge in [0.05, 0.1) is 22.1 Å². The smallest absolute Gasteiger partial charge is 0.0726 e. The second-order valence-corrected chi connectivity index (χ2v) is 18.4. The van der Waals surface area contributed by atoms with Crippen LogP contribution in [0.15, 0.2) is 267 Å². The number of benzene rings is 11. The molecule has 322 valence electrons. The fourth-order valence-electron chi connectivity index (χ4n) is 12.0. The van der Waals surface area contributed by atoms with Crippen molar-refractivity contribution in [2.45, 2.75) is 5.41 Å². The highest BCUT2D eigenvalue weighted by molar-refractivity contribution is 6.16. The van der Waals surface area contributed by atoms with E-state index in [-0.39, 0.29) is 0 Å². The first-order chi connectivity index (χ1) is 34.3. The molecule has 0 atom stereocenters. The van der Waals surface area contributed by atoms with Crippen LogP contribution >= 0.6 is 0 Å². The number of para-hydroxylation sites is 2. The van der Waals surface area contributed by atoms with E-state index in [0.717, 1.165) is 22.7 Å². The molecule has 0 amide bonds. The van der Waals surface area contributed by atoms with E-state index in [0.29, 0.717) is 0 Å². The fourth-order valence-corrected chi connectivity index (χ4v) is 12.0. The first kappa shape index (κ1) is 39.2. The van der Waals surface area contributed by atoms with E-state index in [1.807, 2.05) is 0 Å². The lowest BCUT2D eigenvalue weighted by atomic mass is 9.70. The Morgan fingerprint density at radius 1 is 0.304 bits per heavy atom. The number of fused-ring (bicyclic) bond motifs is 13. The highest BCUT2D eigenvalue weighted by Gasteiger charge is 2.52. The van der Waals surface area contributed by atoms with Crippen LogP contribution < -0.4 is 4.90 Å². The third-order valence-electron chi connectivity index (χ3n) is 14.8. The van der Waals surface area contributed by atoms with Crippen LogP contribution in [-0.2, 0) is 5.41 Å². The first-order valence-corrected chi connectivity index (χ1v) is 23.9. The molecular weight excluding hydrogens is 833 g/mol. The maximum Gasteiger partial charge on any atom is 0.0726 e. The SMILES string of the molecule is c1ccc(-c2ccc(N(c3ccc(-c4cccc(-c5cccc6c5c5ccccc5n6-c5ccccc5)c4)cc3)c3cccc4c3-c3ccccc3C43c4ccccc4-c4ccccc43)cc2)cc1. The fraction of sp³-hybridized carbons (Fsp3) is 0.0149. The molecule has 69 heavy (non-hydrogen) atoms. The minimum atomic E-state index is -0.437. The summed E-state index contributed by atoms with van der Waals surface area (Å²) in [6, 6.07) is 98.4. The second-order valence-electron chi connectivity index (χ2n) is 18.4. The summed E-state index contributed by atoms with van der Waals surface area (Å²) >= 11 is 0. The summed E-state index contributed by atoms with van der Waals surface area (Å²) in [5, 5.41) is 2.52. The van der Waals surface area contributed by atoms with Crippen molar-refractivity contribution >= 4 is 38.9 Å². The van der Waals surface area contributed by atoms with Crippen LogP contribution in [0, 0.1) is 0 Å². The van der Waals surface area contributed by atoms with Gasteiger partial charge >= 0.3 is 0 Å². The summed E-state index contributed by atoms with van der Waals surface area (Å²) in [6.07, 6.45) is 0. The Bertz CT molecular complexity index is 3890. The van der Waals surface area contributed by atoms with Crippen molar-refractivity contribution in [2.24, 2.45) is 0 Å². The van der Waals surface area contributed by atoms with Gasteiger partial charge in [-0.15, -0.1) is 0 Å². The zero-order valence-corrected chi connectivity index (χ0v) is 37.8. The lowest BCUT2D eigenvalue weighted by molar-refractivity contribution is 0.794. The molecule has 2 aliphatic carbocycles. The molecule has 0 saturated carbocycles. The van der Waals surface area contributed by atoms with Gasteiger partial charge in [0.2, 0.25) is 0 Å². The van der Waals surface area contributed by atoms with Gasteiger partial charge in [-0.25, -0.2) is 0 Å². The van der Waals surface area contributed by atoms with Gasteiger partial charge in [0.1, 0.15) is 0 Å². The number of aromatic nitrogens is 1. The molecule has 0 aliphatic heterocycles. The monoisotopic (exact) mass is 876 g/mol. The summed E-state index contributed by atoms with van der Waals surface area (Å²) in [4.78, 5) is 2.47. The Hall–Kier alpha value is -8.98. The van der Waals surface area contributed by atoms with Crippen LogP contribution in [-0.4, -0.2) is 4.57 Å². The topological polar surface area (TPSA) is 8.17 Å². The molecule has 0 unspecified atom stereocenters. The van der Waals surface area contributed by atoms with Crippen LogP contribution in [0.5, 0.6) is 0 Å². The minimum absolute atomic E-state index is 0.437. The van der Waals surface area contributed by atoms with E-state index >= 15 is 0 Å². The molecule has 2 aliphatic rings. The van der Waals surface area contributed by atoms with Crippen molar-refractivity contribution in [1.82, 2.24) is 4.57 Å². The van der Waals surface area contributed by atoms with Crippen molar-refractivity contribution in [3.63, 3.8) is 0 Å². The number of nitrogens with zero attached hydrogens (tertiary/aromatic N) is 2. The Morgan fingerprint density at radius 2 is 0.768 bits per heavy atom. The van der Waals surface area contributed by atoms with Crippen molar-refractivity contribution in [3.05, 3.63) is 289 Å². The zero-order valence-electron chi connectivity index (χ0n) is 37.8. The molecule has 0 radical (unpaired) electrons. The molecule has 14 rings (SSSR count). The van der Waals surface area contributed by atoms with Gasteiger partial charge in [-0.2, -0.15) is 0 Å². The highest BCUT2D eigenvalue weighted by Crippen LogP contribution is 2.64. The van der Waals surface area contributed by atoms with E-state index < -0.39 is 5.41 Å². The summed E-state index contributed by atoms with van der Waals surface area (Å²) in [6.45, 7) is 0. The van der Waals surface area contributed by atoms with Crippen molar-refractivity contribution in [3.8, 4) is 61.3 Å². The lowest BCUT2D eigenvalue weighted by Crippen LogP contribution is -2.26. The van der Waals surface area contributed by atoms with E-state index in [4.69, 9.17) is 0 Å². The Balaban J connectivity index is 0.918.